The highest BCUT2D eigenvalue weighted by atomic mass is 19.4. The van der Waals surface area contributed by atoms with E-state index in [0.29, 0.717) is 16.9 Å². The van der Waals surface area contributed by atoms with Gasteiger partial charge in [0.05, 0.1) is 44.1 Å². The normalized spacial score (nSPS) is 12.8. The van der Waals surface area contributed by atoms with Crippen LogP contribution in [0.5, 0.6) is 11.5 Å². The quantitative estimate of drug-likeness (QED) is 0.209. The van der Waals surface area contributed by atoms with Gasteiger partial charge in [-0.1, -0.05) is 5.16 Å². The SMILES string of the molecule is CCOc1c(CC(N)=O)cc([C@@](O)(CNC(=O)c2ccc(-c3oncc3C)c(OC)c2)C(F)(F)F)nc1-c1ccc(F)cc1. The Hall–Kier alpha value is -4.98. The molecule has 0 bridgehead atoms. The molecule has 0 saturated carbocycles. The topological polar surface area (TPSA) is 150 Å². The van der Waals surface area contributed by atoms with Crippen LogP contribution in [0.2, 0.25) is 0 Å². The first-order chi connectivity index (χ1) is 20.8. The zero-order valence-electron chi connectivity index (χ0n) is 23.8. The van der Waals surface area contributed by atoms with E-state index >= 15 is 0 Å². The minimum atomic E-state index is -5.37. The van der Waals surface area contributed by atoms with Crippen molar-refractivity contribution in [1.82, 2.24) is 15.5 Å². The van der Waals surface area contributed by atoms with Crippen molar-refractivity contribution in [2.45, 2.75) is 32.0 Å². The molecule has 4 rings (SSSR count). The van der Waals surface area contributed by atoms with Crippen molar-refractivity contribution in [3.8, 4) is 34.1 Å². The van der Waals surface area contributed by atoms with Crippen LogP contribution in [0, 0.1) is 12.7 Å². The fraction of sp³-hybridized carbons (Fsp3) is 0.267. The number of nitrogens with two attached hydrogens (primary N) is 1. The van der Waals surface area contributed by atoms with Crippen LogP contribution in [0.3, 0.4) is 0 Å². The number of benzene rings is 2. The maximum Gasteiger partial charge on any atom is 0.424 e. The molecule has 14 heteroatoms. The Labute approximate surface area is 248 Å². The third-order valence-corrected chi connectivity index (χ3v) is 6.68. The molecule has 2 aromatic carbocycles. The lowest BCUT2D eigenvalue weighted by Gasteiger charge is -2.31. The Balaban J connectivity index is 1.75. The molecule has 0 radical (unpaired) electrons. The number of ether oxygens (including phenoxy) is 2. The first-order valence-corrected chi connectivity index (χ1v) is 13.2. The number of hydrogen-bond acceptors (Lipinski definition) is 8. The summed E-state index contributed by atoms with van der Waals surface area (Å²) >= 11 is 0. The van der Waals surface area contributed by atoms with E-state index in [9.17, 15) is 32.3 Å². The van der Waals surface area contributed by atoms with Gasteiger partial charge in [-0.2, -0.15) is 13.2 Å². The lowest BCUT2D eigenvalue weighted by molar-refractivity contribution is -0.265. The number of primary amides is 1. The van der Waals surface area contributed by atoms with Crippen LogP contribution in [0.4, 0.5) is 17.6 Å². The standard InChI is InChI=1S/C30H28F4N4O6/c1-4-43-27-19(13-24(35)39)12-23(38-25(27)17-5-8-20(31)9-6-17)29(41,30(32,33)34)15-36-28(40)18-7-10-21(22(11-18)42-3)26-16(2)14-37-44-26/h5-12,14,41H,4,13,15H2,1-3H3,(H2,35,39)(H,36,40)/t29-/m0/s1. The molecule has 1 atom stereocenters. The molecule has 4 aromatic rings. The van der Waals surface area contributed by atoms with E-state index in [4.69, 9.17) is 19.7 Å². The molecule has 232 valence electrons. The Morgan fingerprint density at radius 3 is 2.39 bits per heavy atom. The molecule has 0 spiro atoms. The van der Waals surface area contributed by atoms with Crippen LogP contribution in [-0.2, 0) is 16.8 Å². The first kappa shape index (κ1) is 31.9. The Morgan fingerprint density at radius 1 is 1.11 bits per heavy atom. The summed E-state index contributed by atoms with van der Waals surface area (Å²) in [7, 11) is 1.34. The second-order valence-electron chi connectivity index (χ2n) is 9.72. The van der Waals surface area contributed by atoms with E-state index in [0.717, 1.165) is 18.2 Å². The van der Waals surface area contributed by atoms with E-state index in [1.165, 1.54) is 43.6 Å². The highest BCUT2D eigenvalue weighted by Crippen LogP contribution is 2.42. The maximum atomic E-state index is 14.6. The fourth-order valence-corrected chi connectivity index (χ4v) is 4.44. The molecule has 0 aliphatic carbocycles. The van der Waals surface area contributed by atoms with Gasteiger partial charge in [0.15, 0.2) is 5.76 Å². The average Bonchev–Trinajstić information content (AvgIpc) is 3.41. The summed E-state index contributed by atoms with van der Waals surface area (Å²) < 4.78 is 73.6. The van der Waals surface area contributed by atoms with Crippen LogP contribution < -0.4 is 20.5 Å². The van der Waals surface area contributed by atoms with Gasteiger partial charge in [-0.15, -0.1) is 0 Å². The smallest absolute Gasteiger partial charge is 0.424 e. The van der Waals surface area contributed by atoms with Gasteiger partial charge in [0.25, 0.3) is 5.91 Å². The van der Waals surface area contributed by atoms with E-state index < -0.39 is 48.1 Å². The van der Waals surface area contributed by atoms with Gasteiger partial charge >= 0.3 is 6.18 Å². The van der Waals surface area contributed by atoms with E-state index in [1.807, 2.05) is 0 Å². The second kappa shape index (κ2) is 12.7. The number of amides is 2. The monoisotopic (exact) mass is 616 g/mol. The van der Waals surface area contributed by atoms with Gasteiger partial charge in [0, 0.05) is 22.3 Å². The summed E-state index contributed by atoms with van der Waals surface area (Å²) in [5.41, 5.74) is 1.59. The third-order valence-electron chi connectivity index (χ3n) is 6.68. The van der Waals surface area contributed by atoms with Gasteiger partial charge in [0.1, 0.15) is 23.0 Å². The Bertz CT molecular complexity index is 1670. The number of aryl methyl sites for hydroxylation is 1. The van der Waals surface area contributed by atoms with E-state index in [-0.39, 0.29) is 40.5 Å². The average molecular weight is 617 g/mol. The molecular formula is C30H28F4N4O6. The number of aliphatic hydroxyl groups is 1. The van der Waals surface area contributed by atoms with Gasteiger partial charge in [0.2, 0.25) is 11.5 Å². The van der Waals surface area contributed by atoms with E-state index in [1.54, 1.807) is 13.8 Å². The number of nitrogens with one attached hydrogen (secondary N) is 1. The maximum absolute atomic E-state index is 14.6. The van der Waals surface area contributed by atoms with Crippen molar-refractivity contribution >= 4 is 11.8 Å². The molecule has 2 heterocycles. The summed E-state index contributed by atoms with van der Waals surface area (Å²) in [5, 5.41) is 17.0. The summed E-state index contributed by atoms with van der Waals surface area (Å²) in [6.07, 6.45) is -4.44. The van der Waals surface area contributed by atoms with Crippen molar-refractivity contribution in [2.75, 3.05) is 20.3 Å². The highest BCUT2D eigenvalue weighted by molar-refractivity contribution is 5.95. The predicted molar refractivity (Wildman–Crippen MR) is 149 cm³/mol. The lowest BCUT2D eigenvalue weighted by Crippen LogP contribution is -2.51. The van der Waals surface area contributed by atoms with Crippen LogP contribution in [-0.4, -0.2) is 53.5 Å². The van der Waals surface area contributed by atoms with Gasteiger partial charge in [-0.3, -0.25) is 9.59 Å². The molecule has 4 N–H and O–H groups in total. The first-order valence-electron chi connectivity index (χ1n) is 13.2. The number of hydrogen-bond donors (Lipinski definition) is 3. The lowest BCUT2D eigenvalue weighted by atomic mass is 9.93. The second-order valence-corrected chi connectivity index (χ2v) is 9.72. The molecule has 10 nitrogen and oxygen atoms in total. The Morgan fingerprint density at radius 2 is 1.82 bits per heavy atom. The summed E-state index contributed by atoms with van der Waals surface area (Å²) in [6, 6.07) is 9.60. The number of carbonyl (C=O) groups excluding carboxylic acids is 2. The predicted octanol–water partition coefficient (Wildman–Crippen LogP) is 4.47. The number of carbonyl (C=O) groups is 2. The molecule has 0 unspecified atom stereocenters. The molecular weight excluding hydrogens is 588 g/mol. The largest absolute Gasteiger partial charge is 0.496 e. The molecule has 44 heavy (non-hydrogen) atoms. The summed E-state index contributed by atoms with van der Waals surface area (Å²) in [5.74, 6) is -1.97. The van der Waals surface area contributed by atoms with Gasteiger partial charge in [-0.05, 0) is 62.4 Å². The van der Waals surface area contributed by atoms with Crippen LogP contribution in [0.1, 0.15) is 34.1 Å². The van der Waals surface area contributed by atoms with Gasteiger partial charge in [-0.25, -0.2) is 9.37 Å². The zero-order valence-corrected chi connectivity index (χ0v) is 23.8. The summed E-state index contributed by atoms with van der Waals surface area (Å²) in [4.78, 5) is 29.0. The van der Waals surface area contributed by atoms with Crippen molar-refractivity contribution in [1.29, 1.82) is 0 Å². The molecule has 2 amide bonds. The van der Waals surface area contributed by atoms with Crippen LogP contribution in [0.25, 0.3) is 22.6 Å². The Kier molecular flexibility index (Phi) is 9.23. The van der Waals surface area contributed by atoms with E-state index in [2.05, 4.69) is 15.5 Å². The number of methoxy groups -OCH3 is 1. The fourth-order valence-electron chi connectivity index (χ4n) is 4.44. The number of alkyl halides is 3. The molecule has 0 aliphatic heterocycles. The molecule has 0 fully saturated rings. The van der Waals surface area contributed by atoms with Gasteiger partial charge < -0.3 is 30.2 Å². The molecule has 2 aromatic heterocycles. The third kappa shape index (κ3) is 6.49. The number of pyridine rings is 1. The summed E-state index contributed by atoms with van der Waals surface area (Å²) in [6.45, 7) is 2.03. The minimum Gasteiger partial charge on any atom is -0.496 e. The number of aromatic nitrogens is 2. The molecule has 0 saturated heterocycles. The molecule has 0 aliphatic rings. The highest BCUT2D eigenvalue weighted by Gasteiger charge is 2.56. The van der Waals surface area contributed by atoms with Crippen molar-refractivity contribution < 1.29 is 46.3 Å². The van der Waals surface area contributed by atoms with Crippen LogP contribution in [0.15, 0.2) is 59.3 Å². The number of rotatable bonds is 11. The van der Waals surface area contributed by atoms with Crippen molar-refractivity contribution in [2.24, 2.45) is 5.73 Å². The number of halogens is 4. The minimum absolute atomic E-state index is 0.0405. The number of nitrogens with zero attached hydrogens (tertiary/aromatic N) is 2. The zero-order chi connectivity index (χ0) is 32.2. The van der Waals surface area contributed by atoms with Crippen molar-refractivity contribution in [3.05, 3.63) is 82.9 Å². The van der Waals surface area contributed by atoms with Crippen molar-refractivity contribution in [3.63, 3.8) is 0 Å². The van der Waals surface area contributed by atoms with Crippen LogP contribution >= 0.6 is 0 Å².